The van der Waals surface area contributed by atoms with Crippen LogP contribution in [0.3, 0.4) is 0 Å². The summed E-state index contributed by atoms with van der Waals surface area (Å²) in [6.07, 6.45) is 2.70. The van der Waals surface area contributed by atoms with Crippen LogP contribution in [0.1, 0.15) is 32.6 Å². The highest BCUT2D eigenvalue weighted by atomic mass is 79.9. The van der Waals surface area contributed by atoms with E-state index in [0.717, 1.165) is 23.7 Å². The third-order valence-electron chi connectivity index (χ3n) is 4.07. The summed E-state index contributed by atoms with van der Waals surface area (Å²) in [4.78, 5) is 29.6. The molecule has 0 bridgehead atoms. The van der Waals surface area contributed by atoms with Crippen LogP contribution in [0, 0.1) is 0 Å². The normalized spacial score (nSPS) is 19.6. The van der Waals surface area contributed by atoms with Gasteiger partial charge in [-0.15, -0.1) is 0 Å². The first-order valence-electron chi connectivity index (χ1n) is 8.03. The molecule has 1 aliphatic carbocycles. The fraction of sp³-hybridized carbons (Fsp3) is 0.471. The predicted octanol–water partition coefficient (Wildman–Crippen LogP) is 3.14. The van der Waals surface area contributed by atoms with Crippen molar-refractivity contribution in [3.05, 3.63) is 33.0 Å². The largest absolute Gasteiger partial charge is 0.392 e. The summed E-state index contributed by atoms with van der Waals surface area (Å²) in [5, 5.41) is 10.6. The van der Waals surface area contributed by atoms with Crippen LogP contribution in [0.25, 0.3) is 10.9 Å². The maximum atomic E-state index is 12.9. The number of rotatable bonds is 4. The Bertz CT molecular complexity index is 834. The molecule has 0 saturated heterocycles. The van der Waals surface area contributed by atoms with Crippen LogP contribution >= 0.6 is 27.7 Å². The molecule has 0 amide bonds. The lowest BCUT2D eigenvalue weighted by Gasteiger charge is -2.21. The monoisotopic (exact) mass is 410 g/mol. The Kier molecular flexibility index (Phi) is 5.42. The van der Waals surface area contributed by atoms with Crippen LogP contribution in [-0.2, 0) is 11.3 Å². The third-order valence-corrected chi connectivity index (χ3v) is 5.87. The summed E-state index contributed by atoms with van der Waals surface area (Å²) in [5.74, 6) is 0.222. The van der Waals surface area contributed by atoms with Crippen molar-refractivity contribution in [2.75, 3.05) is 0 Å². The van der Waals surface area contributed by atoms with Crippen LogP contribution in [0.5, 0.6) is 0 Å². The van der Waals surface area contributed by atoms with Crippen LogP contribution in [0.2, 0.25) is 0 Å². The molecule has 1 aliphatic rings. The lowest BCUT2D eigenvalue weighted by atomic mass is 9.99. The van der Waals surface area contributed by atoms with Crippen molar-refractivity contribution in [3.63, 3.8) is 0 Å². The number of thioether (sulfide) groups is 1. The van der Waals surface area contributed by atoms with E-state index in [-0.39, 0.29) is 23.1 Å². The van der Waals surface area contributed by atoms with Gasteiger partial charge in [0.25, 0.3) is 5.56 Å². The molecule has 1 fully saturated rings. The summed E-state index contributed by atoms with van der Waals surface area (Å²) < 4.78 is 2.30. The molecule has 0 spiro atoms. The van der Waals surface area contributed by atoms with E-state index in [1.165, 1.54) is 16.3 Å². The standard InChI is InChI=1S/C17H19BrN2O3S/c1-10(21)9-20-16(23)12-8-11(18)6-7-13(12)19-17(20)24-15-5-3-2-4-14(15)22/h6-8,10,15,21H,2-5,9H2,1H3/t10-,15+/m0/s1. The van der Waals surface area contributed by atoms with Crippen molar-refractivity contribution < 1.29 is 9.90 Å². The highest BCUT2D eigenvalue weighted by Gasteiger charge is 2.26. The molecule has 0 radical (unpaired) electrons. The van der Waals surface area contributed by atoms with Crippen LogP contribution < -0.4 is 5.56 Å². The zero-order chi connectivity index (χ0) is 17.3. The number of Topliss-reactive ketones (excluding diaryl/α,β-unsaturated/α-hetero) is 1. The fourth-order valence-corrected chi connectivity index (χ4v) is 4.48. The molecule has 1 heterocycles. The first-order chi connectivity index (χ1) is 11.5. The van der Waals surface area contributed by atoms with Gasteiger partial charge in [-0.2, -0.15) is 0 Å². The maximum absolute atomic E-state index is 12.9. The van der Waals surface area contributed by atoms with Crippen molar-refractivity contribution in [1.29, 1.82) is 0 Å². The van der Waals surface area contributed by atoms with E-state index >= 15 is 0 Å². The molecule has 1 aromatic carbocycles. The first kappa shape index (κ1) is 17.6. The highest BCUT2D eigenvalue weighted by Crippen LogP contribution is 2.31. The predicted molar refractivity (Wildman–Crippen MR) is 98.5 cm³/mol. The zero-order valence-corrected chi connectivity index (χ0v) is 15.8. The van der Waals surface area contributed by atoms with E-state index in [9.17, 15) is 14.7 Å². The summed E-state index contributed by atoms with van der Waals surface area (Å²) >= 11 is 4.73. The molecule has 24 heavy (non-hydrogen) atoms. The third kappa shape index (κ3) is 3.73. The second-order valence-corrected chi connectivity index (χ2v) is 8.22. The van der Waals surface area contributed by atoms with E-state index in [4.69, 9.17) is 0 Å². The van der Waals surface area contributed by atoms with E-state index in [1.807, 2.05) is 6.07 Å². The average Bonchev–Trinajstić information content (AvgIpc) is 2.54. The number of hydrogen-bond acceptors (Lipinski definition) is 5. The zero-order valence-electron chi connectivity index (χ0n) is 13.4. The van der Waals surface area contributed by atoms with Crippen molar-refractivity contribution in [2.45, 2.75) is 55.7 Å². The molecule has 7 heteroatoms. The fourth-order valence-electron chi connectivity index (χ4n) is 2.89. The molecular weight excluding hydrogens is 392 g/mol. The number of hydrogen-bond donors (Lipinski definition) is 1. The number of benzene rings is 1. The maximum Gasteiger partial charge on any atom is 0.262 e. The SMILES string of the molecule is C[C@H](O)Cn1c(S[C@@H]2CCCCC2=O)nc2ccc(Br)cc2c1=O. The second kappa shape index (κ2) is 7.37. The lowest BCUT2D eigenvalue weighted by molar-refractivity contribution is -0.119. The minimum atomic E-state index is -0.671. The second-order valence-electron chi connectivity index (χ2n) is 6.14. The molecule has 1 saturated carbocycles. The summed E-state index contributed by atoms with van der Waals surface area (Å²) in [5.41, 5.74) is 0.420. The van der Waals surface area contributed by atoms with Gasteiger partial charge in [0, 0.05) is 10.9 Å². The van der Waals surface area contributed by atoms with E-state index in [0.29, 0.717) is 22.5 Å². The number of halogens is 1. The number of aliphatic hydroxyl groups is 1. The summed E-state index contributed by atoms with van der Waals surface area (Å²) in [6.45, 7) is 1.80. The van der Waals surface area contributed by atoms with Crippen LogP contribution in [0.15, 0.2) is 32.6 Å². The molecular formula is C17H19BrN2O3S. The molecule has 0 aliphatic heterocycles. The van der Waals surface area contributed by atoms with Gasteiger partial charge in [0.05, 0.1) is 28.8 Å². The Morgan fingerprint density at radius 3 is 2.92 bits per heavy atom. The number of nitrogens with zero attached hydrogens (tertiary/aromatic N) is 2. The van der Waals surface area contributed by atoms with Gasteiger partial charge in [-0.1, -0.05) is 34.1 Å². The minimum Gasteiger partial charge on any atom is -0.392 e. The lowest BCUT2D eigenvalue weighted by Crippen LogP contribution is -2.29. The molecule has 1 aromatic heterocycles. The Hall–Kier alpha value is -1.18. The van der Waals surface area contributed by atoms with Gasteiger partial charge in [-0.3, -0.25) is 14.2 Å². The Balaban J connectivity index is 2.08. The number of carbonyl (C=O) groups is 1. The molecule has 0 unspecified atom stereocenters. The van der Waals surface area contributed by atoms with Crippen LogP contribution in [-0.4, -0.2) is 31.8 Å². The van der Waals surface area contributed by atoms with E-state index in [2.05, 4.69) is 20.9 Å². The minimum absolute atomic E-state index is 0.154. The van der Waals surface area contributed by atoms with E-state index in [1.54, 1.807) is 19.1 Å². The number of carbonyl (C=O) groups excluding carboxylic acids is 1. The molecule has 5 nitrogen and oxygen atoms in total. The van der Waals surface area contributed by atoms with Gasteiger partial charge < -0.3 is 5.11 Å². The topological polar surface area (TPSA) is 72.2 Å². The van der Waals surface area contributed by atoms with Gasteiger partial charge in [0.2, 0.25) is 0 Å². The quantitative estimate of drug-likeness (QED) is 0.783. The Morgan fingerprint density at radius 1 is 1.42 bits per heavy atom. The molecule has 2 atom stereocenters. The molecule has 1 N–H and O–H groups in total. The highest BCUT2D eigenvalue weighted by molar-refractivity contribution is 9.10. The first-order valence-corrected chi connectivity index (χ1v) is 9.70. The van der Waals surface area contributed by atoms with Crippen LogP contribution in [0.4, 0.5) is 0 Å². The number of aromatic nitrogens is 2. The summed E-state index contributed by atoms with van der Waals surface area (Å²) in [7, 11) is 0. The average molecular weight is 411 g/mol. The van der Waals surface area contributed by atoms with Gasteiger partial charge in [0.15, 0.2) is 5.16 Å². The number of fused-ring (bicyclic) bond motifs is 1. The number of ketones is 1. The molecule has 128 valence electrons. The van der Waals surface area contributed by atoms with Gasteiger partial charge >= 0.3 is 0 Å². The Morgan fingerprint density at radius 2 is 2.21 bits per heavy atom. The van der Waals surface area contributed by atoms with Gasteiger partial charge in [-0.25, -0.2) is 4.98 Å². The Labute approximate surface area is 152 Å². The van der Waals surface area contributed by atoms with Crippen molar-refractivity contribution in [1.82, 2.24) is 9.55 Å². The van der Waals surface area contributed by atoms with Crippen molar-refractivity contribution in [3.8, 4) is 0 Å². The van der Waals surface area contributed by atoms with Gasteiger partial charge in [0.1, 0.15) is 5.78 Å². The number of aliphatic hydroxyl groups excluding tert-OH is 1. The van der Waals surface area contributed by atoms with E-state index < -0.39 is 6.10 Å². The smallest absolute Gasteiger partial charge is 0.262 e. The van der Waals surface area contributed by atoms with Crippen molar-refractivity contribution in [2.24, 2.45) is 0 Å². The van der Waals surface area contributed by atoms with Gasteiger partial charge in [-0.05, 0) is 38.0 Å². The molecule has 3 rings (SSSR count). The van der Waals surface area contributed by atoms with Crippen molar-refractivity contribution >= 4 is 44.4 Å². The summed E-state index contributed by atoms with van der Waals surface area (Å²) in [6, 6.07) is 5.37. The molecule has 2 aromatic rings.